The zero-order chi connectivity index (χ0) is 30.5. The number of nitro benzene ring substituents is 1. The van der Waals surface area contributed by atoms with E-state index in [9.17, 15) is 15.0 Å². The predicted octanol–water partition coefficient (Wildman–Crippen LogP) is 8.50. The molecule has 0 bridgehead atoms. The largest absolute Gasteiger partial charge is 0.490 e. The van der Waals surface area contributed by atoms with Crippen LogP contribution in [0, 0.1) is 26.9 Å². The summed E-state index contributed by atoms with van der Waals surface area (Å²) in [5.74, 6) is 0.482. The van der Waals surface area contributed by atoms with E-state index in [1.165, 1.54) is 6.07 Å². The van der Waals surface area contributed by atoms with E-state index in [0.29, 0.717) is 30.3 Å². The highest BCUT2D eigenvalue weighted by molar-refractivity contribution is 7.43. The van der Waals surface area contributed by atoms with Crippen LogP contribution in [0.1, 0.15) is 119 Å². The topological polar surface area (TPSA) is 118 Å². The van der Waals surface area contributed by atoms with Crippen LogP contribution in [-0.4, -0.2) is 45.9 Å². The summed E-state index contributed by atoms with van der Waals surface area (Å²) in [6, 6.07) is 5.19. The molecular weight excluding hydrogens is 529 g/mol. The number of benzene rings is 1. The predicted molar refractivity (Wildman–Crippen MR) is 162 cm³/mol. The van der Waals surface area contributed by atoms with Crippen molar-refractivity contribution in [3.63, 3.8) is 0 Å². The van der Waals surface area contributed by atoms with Crippen LogP contribution in [0.25, 0.3) is 0 Å². The number of rotatable bonds is 19. The third-order valence-electron chi connectivity index (χ3n) is 6.87. The SMILES string of the molecule is CCCCCOc1cc(C(C(C)(C)C)C(C)(C)N(C(C)C)P(O)OCCC#N)c([N+](=O)[O-])cc1OCCCCC. The van der Waals surface area contributed by atoms with Gasteiger partial charge in [0.1, 0.15) is 0 Å². The van der Waals surface area contributed by atoms with Crippen LogP contribution in [0.15, 0.2) is 12.1 Å². The molecule has 2 unspecified atom stereocenters. The smallest absolute Gasteiger partial charge is 0.276 e. The lowest BCUT2D eigenvalue weighted by molar-refractivity contribution is -0.386. The molecule has 10 heteroatoms. The van der Waals surface area contributed by atoms with Crippen molar-refractivity contribution in [1.29, 1.82) is 5.26 Å². The zero-order valence-corrected chi connectivity index (χ0v) is 27.1. The second-order valence-electron chi connectivity index (χ2n) is 12.1. The Kier molecular flexibility index (Phi) is 15.4. The van der Waals surface area contributed by atoms with Crippen molar-refractivity contribution in [2.75, 3.05) is 19.8 Å². The molecule has 228 valence electrons. The van der Waals surface area contributed by atoms with Gasteiger partial charge in [0.25, 0.3) is 14.2 Å². The van der Waals surface area contributed by atoms with E-state index < -0.39 is 25.4 Å². The number of nitriles is 1. The molecule has 40 heavy (non-hydrogen) atoms. The summed E-state index contributed by atoms with van der Waals surface area (Å²) < 4.78 is 19.8. The number of nitrogens with zero attached hydrogens (tertiary/aromatic N) is 3. The van der Waals surface area contributed by atoms with Crippen molar-refractivity contribution in [3.05, 3.63) is 27.8 Å². The second kappa shape index (κ2) is 17.1. The Bertz CT molecular complexity index is 958. The summed E-state index contributed by atoms with van der Waals surface area (Å²) in [6.45, 7) is 19.4. The van der Waals surface area contributed by atoms with Gasteiger partial charge in [0.15, 0.2) is 11.5 Å². The monoisotopic (exact) mass is 581 g/mol. The highest BCUT2D eigenvalue weighted by Crippen LogP contribution is 2.56. The molecule has 1 N–H and O–H groups in total. The summed E-state index contributed by atoms with van der Waals surface area (Å²) in [6.07, 6.45) is 6.04. The third kappa shape index (κ3) is 10.4. The van der Waals surface area contributed by atoms with E-state index in [4.69, 9.17) is 19.3 Å². The molecule has 0 aromatic heterocycles. The van der Waals surface area contributed by atoms with Gasteiger partial charge in [-0.3, -0.25) is 10.1 Å². The Balaban J connectivity index is 3.75. The van der Waals surface area contributed by atoms with Crippen LogP contribution >= 0.6 is 8.53 Å². The van der Waals surface area contributed by atoms with Crippen LogP contribution in [0.4, 0.5) is 5.69 Å². The summed E-state index contributed by atoms with van der Waals surface area (Å²) in [7, 11) is -2.06. The van der Waals surface area contributed by atoms with Gasteiger partial charge in [-0.2, -0.15) is 5.26 Å². The van der Waals surface area contributed by atoms with Crippen LogP contribution in [0.3, 0.4) is 0 Å². The molecule has 0 amide bonds. The number of unbranched alkanes of at least 4 members (excludes halogenated alkanes) is 4. The maximum absolute atomic E-state index is 12.5. The minimum atomic E-state index is -2.06. The Morgan fingerprint density at radius 1 is 1.00 bits per heavy atom. The highest BCUT2D eigenvalue weighted by atomic mass is 31.2. The quantitative estimate of drug-likeness (QED) is 0.0747. The maximum atomic E-state index is 12.5. The first kappa shape index (κ1) is 36.0. The number of nitro groups is 1. The van der Waals surface area contributed by atoms with Gasteiger partial charge in [-0.1, -0.05) is 60.3 Å². The highest BCUT2D eigenvalue weighted by Gasteiger charge is 2.49. The summed E-state index contributed by atoms with van der Waals surface area (Å²) >= 11 is 0. The molecule has 0 radical (unpaired) electrons. The molecule has 2 atom stereocenters. The second-order valence-corrected chi connectivity index (χ2v) is 13.3. The lowest BCUT2D eigenvalue weighted by atomic mass is 9.66. The molecule has 0 saturated carbocycles. The first-order valence-electron chi connectivity index (χ1n) is 14.6. The van der Waals surface area contributed by atoms with Crippen molar-refractivity contribution < 1.29 is 23.8 Å². The fourth-order valence-electron chi connectivity index (χ4n) is 5.61. The standard InChI is InChI=1S/C30H52N3O6P/c1-10-12-14-18-37-26-21-24(25(33(34)35)22-27(26)38-19-15-13-11-2)28(29(5,6)7)30(8,9)32(23(3)4)40(36)39-20-16-17-31/h21-23,28,36H,10-16,18-20H2,1-9H3. The molecule has 0 spiro atoms. The summed E-state index contributed by atoms with van der Waals surface area (Å²) in [5.41, 5.74) is -0.740. The van der Waals surface area contributed by atoms with Crippen LogP contribution in [0.5, 0.6) is 11.5 Å². The first-order valence-corrected chi connectivity index (χ1v) is 15.8. The summed E-state index contributed by atoms with van der Waals surface area (Å²) in [5, 5.41) is 21.5. The Hall–Kier alpha value is -1.98. The van der Waals surface area contributed by atoms with Gasteiger partial charge in [0, 0.05) is 23.1 Å². The first-order chi connectivity index (χ1) is 18.7. The minimum absolute atomic E-state index is 0.0317. The number of ether oxygens (including phenoxy) is 2. The average Bonchev–Trinajstić information content (AvgIpc) is 2.83. The van der Waals surface area contributed by atoms with Gasteiger partial charge in [-0.25, -0.2) is 4.67 Å². The Morgan fingerprint density at radius 2 is 1.52 bits per heavy atom. The van der Waals surface area contributed by atoms with E-state index in [2.05, 4.69) is 34.6 Å². The van der Waals surface area contributed by atoms with Gasteiger partial charge in [0.2, 0.25) is 0 Å². The Labute approximate surface area is 243 Å². The fourth-order valence-corrected chi connectivity index (χ4v) is 6.94. The van der Waals surface area contributed by atoms with Gasteiger partial charge in [0.05, 0.1) is 43.3 Å². The van der Waals surface area contributed by atoms with Crippen LogP contribution in [0.2, 0.25) is 0 Å². The molecule has 9 nitrogen and oxygen atoms in total. The molecule has 0 fully saturated rings. The van der Waals surface area contributed by atoms with Crippen molar-refractivity contribution in [3.8, 4) is 17.6 Å². The minimum Gasteiger partial charge on any atom is -0.490 e. The average molecular weight is 582 g/mol. The van der Waals surface area contributed by atoms with Crippen LogP contribution < -0.4 is 9.47 Å². The van der Waals surface area contributed by atoms with Gasteiger partial charge in [-0.05, 0) is 52.0 Å². The van der Waals surface area contributed by atoms with E-state index in [0.717, 1.165) is 38.5 Å². The van der Waals surface area contributed by atoms with Crippen LogP contribution in [-0.2, 0) is 4.52 Å². The van der Waals surface area contributed by atoms with E-state index >= 15 is 0 Å². The molecule has 0 aliphatic rings. The maximum Gasteiger partial charge on any atom is 0.276 e. The molecule has 0 heterocycles. The van der Waals surface area contributed by atoms with E-state index in [1.54, 1.807) is 6.07 Å². The molecule has 0 aliphatic heterocycles. The van der Waals surface area contributed by atoms with Crippen molar-refractivity contribution >= 4 is 14.2 Å². The van der Waals surface area contributed by atoms with Crippen molar-refractivity contribution in [2.45, 2.75) is 125 Å². The van der Waals surface area contributed by atoms with Crippen molar-refractivity contribution in [1.82, 2.24) is 4.67 Å². The molecule has 1 aromatic rings. The molecule has 0 aliphatic carbocycles. The van der Waals surface area contributed by atoms with E-state index in [-0.39, 0.29) is 29.7 Å². The molecule has 0 saturated heterocycles. The van der Waals surface area contributed by atoms with E-state index in [1.807, 2.05) is 38.4 Å². The number of hydrogen-bond donors (Lipinski definition) is 1. The van der Waals surface area contributed by atoms with Gasteiger partial charge < -0.3 is 18.9 Å². The van der Waals surface area contributed by atoms with Gasteiger partial charge in [-0.15, -0.1) is 0 Å². The van der Waals surface area contributed by atoms with Gasteiger partial charge >= 0.3 is 0 Å². The van der Waals surface area contributed by atoms with Crippen molar-refractivity contribution in [2.24, 2.45) is 5.41 Å². The molecule has 1 rings (SSSR count). The number of hydrogen-bond acceptors (Lipinski definition) is 8. The molecule has 1 aromatic carbocycles. The normalized spacial score (nSPS) is 13.8. The Morgan fingerprint density at radius 3 is 1.95 bits per heavy atom. The zero-order valence-electron chi connectivity index (χ0n) is 26.2. The lowest BCUT2D eigenvalue weighted by Gasteiger charge is -2.51. The summed E-state index contributed by atoms with van der Waals surface area (Å²) in [4.78, 5) is 23.3. The fraction of sp³-hybridized carbons (Fsp3) is 0.767. The molecular formula is C30H52N3O6P. The lowest BCUT2D eigenvalue weighted by Crippen LogP contribution is -2.52. The third-order valence-corrected chi connectivity index (χ3v) is 8.63.